The molecule has 1 aliphatic rings. The number of ether oxygens (including phenoxy) is 1. The molecule has 1 atom stereocenters. The van der Waals surface area contributed by atoms with Crippen LogP contribution >= 0.6 is 11.8 Å². The normalized spacial score (nSPS) is 14.1. The van der Waals surface area contributed by atoms with Gasteiger partial charge in [-0.1, -0.05) is 12.1 Å². The fraction of sp³-hybridized carbons (Fsp3) is 0.312. The van der Waals surface area contributed by atoms with E-state index in [1.54, 1.807) is 46.0 Å². The van der Waals surface area contributed by atoms with E-state index < -0.39 is 35.0 Å². The molecule has 47 heavy (non-hydrogen) atoms. The van der Waals surface area contributed by atoms with Crippen molar-refractivity contribution in [2.75, 3.05) is 0 Å². The van der Waals surface area contributed by atoms with Gasteiger partial charge in [-0.25, -0.2) is 33.1 Å². The van der Waals surface area contributed by atoms with Crippen LogP contribution in [0.4, 0.5) is 4.39 Å². The molecule has 0 bridgehead atoms. The predicted octanol–water partition coefficient (Wildman–Crippen LogP) is 4.62. The molecular weight excluding hydrogens is 635 g/mol. The number of esters is 1. The van der Waals surface area contributed by atoms with Gasteiger partial charge in [0.2, 0.25) is 0 Å². The molecule has 0 fully saturated rings. The first-order chi connectivity index (χ1) is 22.2. The van der Waals surface area contributed by atoms with E-state index in [-0.39, 0.29) is 23.1 Å². The molecule has 246 valence electrons. The third-order valence-corrected chi connectivity index (χ3v) is 7.76. The molecule has 0 saturated heterocycles. The lowest BCUT2D eigenvalue weighted by Gasteiger charge is -2.21. The highest BCUT2D eigenvalue weighted by Gasteiger charge is 2.30. The summed E-state index contributed by atoms with van der Waals surface area (Å²) in [4.78, 5) is 54.4. The van der Waals surface area contributed by atoms with Gasteiger partial charge in [0.1, 0.15) is 11.3 Å². The summed E-state index contributed by atoms with van der Waals surface area (Å²) in [7, 11) is 1.67. The van der Waals surface area contributed by atoms with Crippen LogP contribution in [0.3, 0.4) is 0 Å². The van der Waals surface area contributed by atoms with Crippen molar-refractivity contribution in [2.24, 2.45) is 7.05 Å². The van der Waals surface area contributed by atoms with Crippen LogP contribution in [0.1, 0.15) is 86.8 Å². The third-order valence-electron chi connectivity index (χ3n) is 7.62. The summed E-state index contributed by atoms with van der Waals surface area (Å²) in [6.45, 7) is 7.81. The van der Waals surface area contributed by atoms with Gasteiger partial charge in [-0.15, -0.1) is 0 Å². The van der Waals surface area contributed by atoms with Crippen LogP contribution < -0.4 is 15.9 Å². The van der Waals surface area contributed by atoms with Crippen LogP contribution in [0.5, 0.6) is 0 Å². The molecule has 3 aromatic heterocycles. The number of aromatic nitrogens is 4. The number of nitrogens with one attached hydrogen (secondary N) is 2. The molecule has 0 radical (unpaired) electrons. The Labute approximate surface area is 272 Å². The fourth-order valence-electron chi connectivity index (χ4n) is 5.38. The number of nitrogens with zero attached hydrogens (tertiary/aromatic N) is 4. The monoisotopic (exact) mass is 666 g/mol. The van der Waals surface area contributed by atoms with Crippen LogP contribution in [0.2, 0.25) is 0 Å². The van der Waals surface area contributed by atoms with Crippen molar-refractivity contribution in [2.45, 2.75) is 58.7 Å². The topological polar surface area (TPSA) is 170 Å². The van der Waals surface area contributed by atoms with Gasteiger partial charge in [-0.2, -0.15) is 5.10 Å². The molecule has 3 N–H and O–H groups in total. The summed E-state index contributed by atoms with van der Waals surface area (Å²) >= 11 is 5.39. The first-order valence-corrected chi connectivity index (χ1v) is 14.9. The number of hydrogen-bond donors (Lipinski definition) is 3. The molecule has 1 aliphatic carbocycles. The largest absolute Gasteiger partial charge is 0.477 e. The van der Waals surface area contributed by atoms with Crippen LogP contribution in [-0.4, -0.2) is 47.7 Å². The number of carboxylic acids is 1. The summed E-state index contributed by atoms with van der Waals surface area (Å²) in [6.07, 6.45) is 2.11. The van der Waals surface area contributed by atoms with Gasteiger partial charge in [0.05, 0.1) is 23.3 Å². The Morgan fingerprint density at radius 1 is 1.19 bits per heavy atom. The van der Waals surface area contributed by atoms with Gasteiger partial charge >= 0.3 is 17.7 Å². The number of carbonyl (C=O) groups is 3. The van der Waals surface area contributed by atoms with Crippen molar-refractivity contribution < 1.29 is 33.0 Å². The number of amides is 1. The minimum atomic E-state index is -1.39. The molecule has 13 nitrogen and oxygen atoms in total. The molecular formula is C32H32ClFN6O7. The smallest absolute Gasteiger partial charge is 0.419 e. The van der Waals surface area contributed by atoms with Crippen LogP contribution in [0.25, 0.3) is 16.7 Å². The van der Waals surface area contributed by atoms with E-state index in [1.165, 1.54) is 4.57 Å². The van der Waals surface area contributed by atoms with E-state index >= 15 is 0 Å². The van der Waals surface area contributed by atoms with Gasteiger partial charge in [0, 0.05) is 19.7 Å². The number of oxazole rings is 1. The van der Waals surface area contributed by atoms with Crippen molar-refractivity contribution >= 4 is 46.4 Å². The molecule has 0 aliphatic heterocycles. The first-order valence-electron chi connectivity index (χ1n) is 14.5. The number of hydrogen-bond acceptors (Lipinski definition) is 9. The van der Waals surface area contributed by atoms with Crippen LogP contribution in [-0.2, 0) is 24.8 Å². The number of halogens is 2. The average molecular weight is 667 g/mol. The zero-order valence-corrected chi connectivity index (χ0v) is 26.9. The summed E-state index contributed by atoms with van der Waals surface area (Å²) < 4.78 is 26.9. The highest BCUT2D eigenvalue weighted by molar-refractivity contribution is 6.13. The number of carbonyl (C=O) groups excluding carboxylic acids is 2. The molecule has 0 spiro atoms. The number of aryl methyl sites for hydroxylation is 1. The second kappa shape index (κ2) is 13.0. The highest BCUT2D eigenvalue weighted by atomic mass is 35.5. The number of rotatable bonds is 6. The Hall–Kier alpha value is -5.08. The molecule has 3 heterocycles. The van der Waals surface area contributed by atoms with E-state index in [9.17, 15) is 28.7 Å². The van der Waals surface area contributed by atoms with E-state index in [0.717, 1.165) is 44.5 Å². The Bertz CT molecular complexity index is 2100. The second-order valence-electron chi connectivity index (χ2n) is 12.0. The standard InChI is InChI=1S/C23H23FN4O5.C9H9ClN2O2/c1-11-12-7-8-16(14(12)6-5-13(11)22(32)33-23(2,3)4)27-20(29)18-9-17(21(30)31)26-19-15(24)10-25-28(18)19;1-12-7-4-6(5-11-10)2-3-8(7)14-9(12)13/h5-6,9-10,16H,7-8H2,1-4H3,(H,27,29)(H,30,31);2-4,11H,5H2,1H3/t16-;/m0./s1. The maximum absolute atomic E-state index is 14.0. The minimum Gasteiger partial charge on any atom is -0.477 e. The Morgan fingerprint density at radius 3 is 2.62 bits per heavy atom. The number of benzene rings is 2. The molecule has 2 aromatic carbocycles. The Balaban J connectivity index is 0.000000257. The van der Waals surface area contributed by atoms with Crippen molar-refractivity contribution in [1.29, 1.82) is 0 Å². The molecule has 6 rings (SSSR count). The summed E-state index contributed by atoms with van der Waals surface area (Å²) in [6, 6.07) is 9.66. The van der Waals surface area contributed by atoms with E-state index in [4.69, 9.17) is 20.9 Å². The van der Waals surface area contributed by atoms with Crippen molar-refractivity contribution in [1.82, 2.24) is 29.3 Å². The summed E-state index contributed by atoms with van der Waals surface area (Å²) in [5, 5.41) is 16.0. The van der Waals surface area contributed by atoms with Gasteiger partial charge in [-0.05, 0) is 92.8 Å². The molecule has 0 saturated carbocycles. The highest BCUT2D eigenvalue weighted by Crippen LogP contribution is 2.35. The summed E-state index contributed by atoms with van der Waals surface area (Å²) in [5.41, 5.74) is 3.91. The lowest BCUT2D eigenvalue weighted by molar-refractivity contribution is 0.00682. The molecule has 5 aromatic rings. The number of aromatic carboxylic acids is 1. The van der Waals surface area contributed by atoms with Crippen LogP contribution in [0, 0.1) is 12.7 Å². The first kappa shape index (κ1) is 33.3. The van der Waals surface area contributed by atoms with Crippen molar-refractivity contribution in [3.63, 3.8) is 0 Å². The zero-order valence-electron chi connectivity index (χ0n) is 26.2. The maximum atomic E-state index is 14.0. The maximum Gasteiger partial charge on any atom is 0.419 e. The Morgan fingerprint density at radius 2 is 1.94 bits per heavy atom. The fourth-order valence-corrected chi connectivity index (χ4v) is 5.54. The zero-order chi connectivity index (χ0) is 34.2. The molecule has 15 heteroatoms. The third kappa shape index (κ3) is 6.88. The van der Waals surface area contributed by atoms with Gasteiger partial charge in [0.15, 0.2) is 22.7 Å². The van der Waals surface area contributed by atoms with Gasteiger partial charge in [0.25, 0.3) is 5.91 Å². The molecule has 0 unspecified atom stereocenters. The van der Waals surface area contributed by atoms with E-state index in [2.05, 4.69) is 20.2 Å². The van der Waals surface area contributed by atoms with Crippen LogP contribution in [0.15, 0.2) is 51.8 Å². The predicted molar refractivity (Wildman–Crippen MR) is 169 cm³/mol. The lowest BCUT2D eigenvalue weighted by Crippen LogP contribution is -2.29. The summed E-state index contributed by atoms with van der Waals surface area (Å²) in [5.74, 6) is -3.58. The SMILES string of the molecule is Cc1c(C(=O)OC(C)(C)C)ccc2c1CC[C@@H]2NC(=O)c1cc(C(=O)O)nc2c(F)cnn12.Cn1c(=O)oc2ccc(CNCl)cc21. The minimum absolute atomic E-state index is 0.142. The number of carboxylic acid groups (broad SMARTS) is 1. The van der Waals surface area contributed by atoms with Crippen molar-refractivity contribution in [3.05, 3.63) is 98.2 Å². The van der Waals surface area contributed by atoms with Gasteiger partial charge in [-0.3, -0.25) is 9.36 Å². The number of fused-ring (bicyclic) bond motifs is 3. The van der Waals surface area contributed by atoms with E-state index in [0.29, 0.717) is 30.5 Å². The Kier molecular flexibility index (Phi) is 9.18. The van der Waals surface area contributed by atoms with Gasteiger partial charge < -0.3 is 19.6 Å². The second-order valence-corrected chi connectivity index (χ2v) is 12.2. The lowest BCUT2D eigenvalue weighted by atomic mass is 9.97. The van der Waals surface area contributed by atoms with Crippen molar-refractivity contribution in [3.8, 4) is 0 Å². The molecule has 1 amide bonds. The quantitative estimate of drug-likeness (QED) is 0.172. The van der Waals surface area contributed by atoms with E-state index in [1.807, 2.05) is 19.1 Å². The average Bonchev–Trinajstić information content (AvgIpc) is 3.68.